The van der Waals surface area contributed by atoms with Crippen LogP contribution >= 0.6 is 0 Å². The maximum Gasteiger partial charge on any atom is 0.243 e. The molecule has 1 saturated carbocycles. The Morgan fingerprint density at radius 2 is 1.86 bits per heavy atom. The van der Waals surface area contributed by atoms with Gasteiger partial charge in [0.25, 0.3) is 0 Å². The van der Waals surface area contributed by atoms with E-state index in [1.807, 2.05) is 0 Å². The largest absolute Gasteiger partial charge is 0.243 e. The van der Waals surface area contributed by atoms with Crippen LogP contribution in [0.2, 0.25) is 0 Å². The monoisotopic (exact) mass is 304 g/mol. The summed E-state index contributed by atoms with van der Waals surface area (Å²) in [6.07, 6.45) is 5.75. The lowest BCUT2D eigenvalue weighted by Gasteiger charge is -2.36. The smallest absolute Gasteiger partial charge is 0.207 e. The molecule has 1 aliphatic heterocycles. The zero-order valence-electron chi connectivity index (χ0n) is 12.0. The van der Waals surface area contributed by atoms with Crippen LogP contribution in [0.5, 0.6) is 0 Å². The van der Waals surface area contributed by atoms with Gasteiger partial charge in [-0.25, -0.2) is 8.42 Å². The summed E-state index contributed by atoms with van der Waals surface area (Å²) in [5.74, 6) is 0.548. The fourth-order valence-corrected chi connectivity index (χ4v) is 5.47. The Kier molecular flexibility index (Phi) is 4.01. The second-order valence-corrected chi connectivity index (χ2v) is 7.89. The predicted molar refractivity (Wildman–Crippen MR) is 80.0 cm³/mol. The second kappa shape index (κ2) is 5.78. The average molecular weight is 304 g/mol. The first-order valence-electron chi connectivity index (χ1n) is 7.60. The number of sulfonamides is 1. The van der Waals surface area contributed by atoms with E-state index in [0.29, 0.717) is 23.8 Å². The van der Waals surface area contributed by atoms with E-state index < -0.39 is 10.0 Å². The highest BCUT2D eigenvalue weighted by Crippen LogP contribution is 2.39. The van der Waals surface area contributed by atoms with Gasteiger partial charge >= 0.3 is 0 Å². The molecule has 0 N–H and O–H groups in total. The lowest BCUT2D eigenvalue weighted by Crippen LogP contribution is -2.46. The minimum atomic E-state index is -3.40. The average Bonchev–Trinajstić information content (AvgIpc) is 2.96. The van der Waals surface area contributed by atoms with Crippen molar-refractivity contribution < 1.29 is 8.42 Å². The summed E-state index contributed by atoms with van der Waals surface area (Å²) in [5, 5.41) is 8.68. The summed E-state index contributed by atoms with van der Waals surface area (Å²) in [6.45, 7) is 0.642. The van der Waals surface area contributed by atoms with E-state index in [-0.39, 0.29) is 6.04 Å². The molecule has 2 atom stereocenters. The van der Waals surface area contributed by atoms with Gasteiger partial charge in [-0.05, 0) is 49.3 Å². The van der Waals surface area contributed by atoms with Crippen molar-refractivity contribution in [2.24, 2.45) is 5.92 Å². The molecule has 5 heteroatoms. The second-order valence-electron chi connectivity index (χ2n) is 6.00. The van der Waals surface area contributed by atoms with Gasteiger partial charge in [0.05, 0.1) is 17.4 Å². The summed E-state index contributed by atoms with van der Waals surface area (Å²) in [7, 11) is -3.40. The van der Waals surface area contributed by atoms with Crippen LogP contribution in [0.25, 0.3) is 0 Å². The molecule has 112 valence electrons. The van der Waals surface area contributed by atoms with E-state index in [9.17, 15) is 8.42 Å². The van der Waals surface area contributed by atoms with Crippen molar-refractivity contribution >= 4 is 10.0 Å². The summed E-state index contributed by atoms with van der Waals surface area (Å²) in [4.78, 5) is 0.358. The van der Waals surface area contributed by atoms with Crippen LogP contribution in [0.1, 0.15) is 37.7 Å². The van der Waals surface area contributed by atoms with Crippen molar-refractivity contribution in [1.82, 2.24) is 4.31 Å². The molecule has 1 heterocycles. The van der Waals surface area contributed by atoms with E-state index >= 15 is 0 Å². The van der Waals surface area contributed by atoms with Gasteiger partial charge in [0.15, 0.2) is 0 Å². The molecule has 0 spiro atoms. The number of fused-ring (bicyclic) bond motifs is 1. The van der Waals surface area contributed by atoms with Gasteiger partial charge in [0.2, 0.25) is 10.0 Å². The maximum atomic E-state index is 12.9. The molecule has 4 nitrogen and oxygen atoms in total. The van der Waals surface area contributed by atoms with Crippen LogP contribution in [0, 0.1) is 17.2 Å². The molecule has 0 aromatic heterocycles. The van der Waals surface area contributed by atoms with E-state index in [4.69, 9.17) is 5.26 Å². The number of piperidine rings is 1. The van der Waals surface area contributed by atoms with Crippen LogP contribution in [0.4, 0.5) is 0 Å². The molecular weight excluding hydrogens is 284 g/mol. The molecule has 2 fully saturated rings. The highest BCUT2D eigenvalue weighted by molar-refractivity contribution is 7.89. The van der Waals surface area contributed by atoms with Crippen molar-refractivity contribution in [2.45, 2.75) is 49.5 Å². The first-order valence-corrected chi connectivity index (χ1v) is 9.04. The third kappa shape index (κ3) is 2.70. The van der Waals surface area contributed by atoms with Crippen molar-refractivity contribution in [2.75, 3.05) is 6.54 Å². The predicted octanol–water partition coefficient (Wildman–Crippen LogP) is 2.71. The zero-order valence-corrected chi connectivity index (χ0v) is 12.8. The summed E-state index contributed by atoms with van der Waals surface area (Å²) < 4.78 is 27.4. The minimum absolute atomic E-state index is 0.197. The van der Waals surface area contributed by atoms with Gasteiger partial charge in [0, 0.05) is 12.6 Å². The molecule has 2 aliphatic rings. The standard InChI is InChI=1S/C16H20N2O2S/c17-11-10-13-6-8-15(9-7-13)21(19,20)18-12-2-4-14-3-1-5-16(14)18/h6-9,14,16H,1-5,10,12H2. The van der Waals surface area contributed by atoms with E-state index in [0.717, 1.165) is 37.7 Å². The van der Waals surface area contributed by atoms with Crippen molar-refractivity contribution in [3.63, 3.8) is 0 Å². The molecule has 2 unspecified atom stereocenters. The molecule has 0 amide bonds. The summed E-state index contributed by atoms with van der Waals surface area (Å²) in [5.41, 5.74) is 0.855. The Morgan fingerprint density at radius 3 is 2.57 bits per heavy atom. The molecule has 0 bridgehead atoms. The summed E-state index contributed by atoms with van der Waals surface area (Å²) >= 11 is 0. The minimum Gasteiger partial charge on any atom is -0.207 e. The Bertz CT molecular complexity index is 646. The van der Waals surface area contributed by atoms with Crippen LogP contribution in [0.3, 0.4) is 0 Å². The first-order chi connectivity index (χ1) is 10.1. The molecule has 1 saturated heterocycles. The van der Waals surface area contributed by atoms with Gasteiger partial charge in [0.1, 0.15) is 0 Å². The lowest BCUT2D eigenvalue weighted by molar-refractivity contribution is 0.202. The van der Waals surface area contributed by atoms with Crippen molar-refractivity contribution in [3.8, 4) is 6.07 Å². The van der Waals surface area contributed by atoms with Gasteiger partial charge in [-0.3, -0.25) is 0 Å². The topological polar surface area (TPSA) is 61.2 Å². The van der Waals surface area contributed by atoms with E-state index in [1.165, 1.54) is 0 Å². The molecule has 1 aromatic carbocycles. The molecule has 21 heavy (non-hydrogen) atoms. The van der Waals surface area contributed by atoms with Gasteiger partial charge in [-0.2, -0.15) is 9.57 Å². The van der Waals surface area contributed by atoms with Gasteiger partial charge < -0.3 is 0 Å². The third-order valence-corrected chi connectivity index (χ3v) is 6.69. The van der Waals surface area contributed by atoms with E-state index in [1.54, 1.807) is 28.6 Å². The molecule has 3 rings (SSSR count). The molecule has 0 radical (unpaired) electrons. The fourth-order valence-electron chi connectivity index (χ4n) is 3.71. The number of rotatable bonds is 3. The number of nitriles is 1. The molecule has 1 aliphatic carbocycles. The highest BCUT2D eigenvalue weighted by atomic mass is 32.2. The fraction of sp³-hybridized carbons (Fsp3) is 0.562. The van der Waals surface area contributed by atoms with E-state index in [2.05, 4.69) is 6.07 Å². The highest BCUT2D eigenvalue weighted by Gasteiger charge is 2.41. The quantitative estimate of drug-likeness (QED) is 0.862. The van der Waals surface area contributed by atoms with Crippen LogP contribution in [-0.4, -0.2) is 25.3 Å². The number of benzene rings is 1. The summed E-state index contributed by atoms with van der Waals surface area (Å²) in [6, 6.07) is 9.04. The van der Waals surface area contributed by atoms with Crippen molar-refractivity contribution in [3.05, 3.63) is 29.8 Å². The zero-order chi connectivity index (χ0) is 14.9. The number of nitrogens with zero attached hydrogens (tertiary/aromatic N) is 2. The van der Waals surface area contributed by atoms with Gasteiger partial charge in [-0.15, -0.1) is 0 Å². The SMILES string of the molecule is N#CCc1ccc(S(=O)(=O)N2CCCC3CCCC32)cc1. The van der Waals surface area contributed by atoms with Crippen molar-refractivity contribution in [1.29, 1.82) is 5.26 Å². The van der Waals surface area contributed by atoms with Gasteiger partial charge in [-0.1, -0.05) is 18.6 Å². The maximum absolute atomic E-state index is 12.9. The third-order valence-electron chi connectivity index (χ3n) is 4.76. The molecular formula is C16H20N2O2S. The lowest BCUT2D eigenvalue weighted by atomic mass is 9.94. The van der Waals surface area contributed by atoms with Crippen LogP contribution in [0.15, 0.2) is 29.2 Å². The normalized spacial score (nSPS) is 26.2. The Balaban J connectivity index is 1.87. The Hall–Kier alpha value is -1.38. The van der Waals surface area contributed by atoms with Crippen LogP contribution < -0.4 is 0 Å². The van der Waals surface area contributed by atoms with Crippen LogP contribution in [-0.2, 0) is 16.4 Å². The number of hydrogen-bond acceptors (Lipinski definition) is 3. The number of hydrogen-bond donors (Lipinski definition) is 0. The first kappa shape index (κ1) is 14.6. The molecule has 1 aromatic rings. The Labute approximate surface area is 126 Å². The Morgan fingerprint density at radius 1 is 1.14 bits per heavy atom.